The molecule has 0 aliphatic rings. The molecule has 3 aromatic carbocycles. The molecule has 0 saturated heterocycles. The maximum Gasteiger partial charge on any atom is 0.251 e. The van der Waals surface area contributed by atoms with Crippen LogP contribution in [0.25, 0.3) is 0 Å². The van der Waals surface area contributed by atoms with Gasteiger partial charge in [0.1, 0.15) is 6.04 Å². The highest BCUT2D eigenvalue weighted by Gasteiger charge is 2.21. The van der Waals surface area contributed by atoms with Gasteiger partial charge in [-0.15, -0.1) is 0 Å². The number of benzene rings is 3. The molecule has 0 fully saturated rings. The van der Waals surface area contributed by atoms with Crippen molar-refractivity contribution in [1.29, 1.82) is 0 Å². The van der Waals surface area contributed by atoms with Gasteiger partial charge in [0.15, 0.2) is 0 Å². The number of carbonyl (C=O) groups excluding carboxylic acids is 2. The van der Waals surface area contributed by atoms with E-state index in [0.717, 1.165) is 11.1 Å². The summed E-state index contributed by atoms with van der Waals surface area (Å²) in [5, 5.41) is 5.79. The van der Waals surface area contributed by atoms with E-state index in [2.05, 4.69) is 10.6 Å². The van der Waals surface area contributed by atoms with Crippen molar-refractivity contribution in [2.75, 3.05) is 0 Å². The lowest BCUT2D eigenvalue weighted by Gasteiger charge is -2.19. The summed E-state index contributed by atoms with van der Waals surface area (Å²) in [5.74, 6) is -0.460. The van der Waals surface area contributed by atoms with Crippen molar-refractivity contribution >= 4 is 11.8 Å². The van der Waals surface area contributed by atoms with Crippen LogP contribution in [0.3, 0.4) is 0 Å². The zero-order valence-corrected chi connectivity index (χ0v) is 15.0. The van der Waals surface area contributed by atoms with Gasteiger partial charge < -0.3 is 10.6 Å². The van der Waals surface area contributed by atoms with Gasteiger partial charge in [0.05, 0.1) is 0 Å². The molecule has 0 bridgehead atoms. The molecule has 0 saturated carbocycles. The fraction of sp³-hybridized carbons (Fsp3) is 0.130. The van der Waals surface area contributed by atoms with Crippen molar-refractivity contribution in [3.63, 3.8) is 0 Å². The Hall–Kier alpha value is -3.40. The monoisotopic (exact) mass is 358 g/mol. The van der Waals surface area contributed by atoms with Crippen molar-refractivity contribution in [1.82, 2.24) is 10.6 Å². The van der Waals surface area contributed by atoms with Gasteiger partial charge in [-0.3, -0.25) is 9.59 Å². The Bertz CT molecular complexity index is 865. The summed E-state index contributed by atoms with van der Waals surface area (Å²) in [6.45, 7) is 0.423. The number of rotatable bonds is 7. The molecule has 3 rings (SSSR count). The van der Waals surface area contributed by atoms with Crippen LogP contribution in [0.15, 0.2) is 91.0 Å². The van der Waals surface area contributed by atoms with E-state index in [-0.39, 0.29) is 11.8 Å². The third-order valence-electron chi connectivity index (χ3n) is 4.25. The largest absolute Gasteiger partial charge is 0.350 e. The fourth-order valence-electron chi connectivity index (χ4n) is 2.80. The summed E-state index contributed by atoms with van der Waals surface area (Å²) in [5.41, 5.74) is 2.54. The molecule has 1 atom stereocenters. The minimum atomic E-state index is -0.649. The molecule has 27 heavy (non-hydrogen) atoms. The Morgan fingerprint density at radius 2 is 1.22 bits per heavy atom. The van der Waals surface area contributed by atoms with Gasteiger partial charge in [-0.1, -0.05) is 78.9 Å². The van der Waals surface area contributed by atoms with E-state index in [1.165, 1.54) is 0 Å². The van der Waals surface area contributed by atoms with Crippen LogP contribution < -0.4 is 10.6 Å². The van der Waals surface area contributed by atoms with Crippen molar-refractivity contribution in [3.8, 4) is 0 Å². The normalized spacial score (nSPS) is 11.4. The second-order valence-corrected chi connectivity index (χ2v) is 6.29. The van der Waals surface area contributed by atoms with E-state index in [4.69, 9.17) is 0 Å². The summed E-state index contributed by atoms with van der Waals surface area (Å²) >= 11 is 0. The van der Waals surface area contributed by atoms with E-state index in [1.807, 2.05) is 66.7 Å². The zero-order valence-electron chi connectivity index (χ0n) is 15.0. The van der Waals surface area contributed by atoms with E-state index in [0.29, 0.717) is 18.5 Å². The highest BCUT2D eigenvalue weighted by molar-refractivity contribution is 5.97. The lowest BCUT2D eigenvalue weighted by molar-refractivity contribution is -0.123. The van der Waals surface area contributed by atoms with Crippen LogP contribution in [0.1, 0.15) is 21.5 Å². The highest BCUT2D eigenvalue weighted by Crippen LogP contribution is 2.06. The Morgan fingerprint density at radius 3 is 1.81 bits per heavy atom. The summed E-state index contributed by atoms with van der Waals surface area (Å²) in [6, 6.07) is 27.7. The second-order valence-electron chi connectivity index (χ2n) is 6.29. The van der Waals surface area contributed by atoms with Crippen LogP contribution in [-0.4, -0.2) is 17.9 Å². The molecule has 3 aromatic rings. The van der Waals surface area contributed by atoms with Crippen molar-refractivity contribution in [2.45, 2.75) is 19.0 Å². The van der Waals surface area contributed by atoms with Gasteiger partial charge in [-0.25, -0.2) is 0 Å². The molecule has 2 N–H and O–H groups in total. The van der Waals surface area contributed by atoms with Crippen LogP contribution in [0, 0.1) is 0 Å². The third kappa shape index (κ3) is 5.54. The fourth-order valence-corrected chi connectivity index (χ4v) is 2.80. The van der Waals surface area contributed by atoms with Crippen LogP contribution in [-0.2, 0) is 17.8 Å². The molecule has 1 unspecified atom stereocenters. The lowest BCUT2D eigenvalue weighted by atomic mass is 10.0. The molecule has 0 heterocycles. The SMILES string of the molecule is O=C(NC(Cc1ccccc1)C(=O)NCc1ccccc1)c1ccccc1. The predicted octanol–water partition coefficient (Wildman–Crippen LogP) is 3.34. The Kier molecular flexibility index (Phi) is 6.36. The van der Waals surface area contributed by atoms with Crippen LogP contribution >= 0.6 is 0 Å². The third-order valence-corrected chi connectivity index (χ3v) is 4.25. The topological polar surface area (TPSA) is 58.2 Å². The second kappa shape index (κ2) is 9.34. The van der Waals surface area contributed by atoms with E-state index < -0.39 is 6.04 Å². The predicted molar refractivity (Wildman–Crippen MR) is 106 cm³/mol. The standard InChI is InChI=1S/C23H22N2O2/c26-22(20-14-8-3-9-15-20)25-21(16-18-10-4-1-5-11-18)23(27)24-17-19-12-6-2-7-13-19/h1-15,21H,16-17H2,(H,24,27)(H,25,26). The minimum absolute atomic E-state index is 0.202. The lowest BCUT2D eigenvalue weighted by Crippen LogP contribution is -2.47. The van der Waals surface area contributed by atoms with Crippen LogP contribution in [0.5, 0.6) is 0 Å². The average molecular weight is 358 g/mol. The molecule has 136 valence electrons. The Morgan fingerprint density at radius 1 is 0.704 bits per heavy atom. The number of hydrogen-bond acceptors (Lipinski definition) is 2. The molecular formula is C23H22N2O2. The van der Waals surface area contributed by atoms with Gasteiger partial charge in [0.2, 0.25) is 5.91 Å². The number of carbonyl (C=O) groups is 2. The molecule has 4 heteroatoms. The Balaban J connectivity index is 1.70. The van der Waals surface area contributed by atoms with E-state index >= 15 is 0 Å². The molecule has 2 amide bonds. The Labute approximate surface area is 159 Å². The maximum absolute atomic E-state index is 12.8. The van der Waals surface area contributed by atoms with E-state index in [9.17, 15) is 9.59 Å². The summed E-state index contributed by atoms with van der Waals surface area (Å²) in [4.78, 5) is 25.3. The smallest absolute Gasteiger partial charge is 0.251 e. The first-order chi connectivity index (χ1) is 13.2. The molecular weight excluding hydrogens is 336 g/mol. The minimum Gasteiger partial charge on any atom is -0.350 e. The highest BCUT2D eigenvalue weighted by atomic mass is 16.2. The molecule has 4 nitrogen and oxygen atoms in total. The van der Waals surface area contributed by atoms with Gasteiger partial charge in [-0.05, 0) is 23.3 Å². The number of hydrogen-bond donors (Lipinski definition) is 2. The zero-order chi connectivity index (χ0) is 18.9. The summed E-state index contributed by atoms with van der Waals surface area (Å²) in [6.07, 6.45) is 0.431. The number of nitrogens with one attached hydrogen (secondary N) is 2. The molecule has 0 spiro atoms. The molecule has 0 radical (unpaired) electrons. The first kappa shape index (κ1) is 18.4. The maximum atomic E-state index is 12.8. The van der Waals surface area contributed by atoms with Gasteiger partial charge in [0.25, 0.3) is 5.91 Å². The van der Waals surface area contributed by atoms with Crippen LogP contribution in [0.4, 0.5) is 0 Å². The molecule has 0 aromatic heterocycles. The summed E-state index contributed by atoms with van der Waals surface area (Å²) in [7, 11) is 0. The van der Waals surface area contributed by atoms with Crippen molar-refractivity contribution < 1.29 is 9.59 Å². The quantitative estimate of drug-likeness (QED) is 0.680. The van der Waals surface area contributed by atoms with Crippen molar-refractivity contribution in [3.05, 3.63) is 108 Å². The number of amides is 2. The van der Waals surface area contributed by atoms with Gasteiger partial charge in [-0.2, -0.15) is 0 Å². The van der Waals surface area contributed by atoms with Gasteiger partial charge >= 0.3 is 0 Å². The van der Waals surface area contributed by atoms with Gasteiger partial charge in [0, 0.05) is 18.5 Å². The molecule has 0 aliphatic heterocycles. The summed E-state index contributed by atoms with van der Waals surface area (Å²) < 4.78 is 0. The molecule has 0 aliphatic carbocycles. The van der Waals surface area contributed by atoms with E-state index in [1.54, 1.807) is 24.3 Å². The first-order valence-electron chi connectivity index (χ1n) is 8.94. The van der Waals surface area contributed by atoms with Crippen molar-refractivity contribution in [2.24, 2.45) is 0 Å². The average Bonchev–Trinajstić information content (AvgIpc) is 2.73. The van der Waals surface area contributed by atoms with Crippen LogP contribution in [0.2, 0.25) is 0 Å². The first-order valence-corrected chi connectivity index (χ1v) is 8.94.